The molecule has 0 aromatic carbocycles. The van der Waals surface area contributed by atoms with Crippen LogP contribution in [0.4, 0.5) is 0 Å². The van der Waals surface area contributed by atoms with E-state index in [0.717, 1.165) is 11.5 Å². The van der Waals surface area contributed by atoms with Crippen LogP contribution in [-0.4, -0.2) is 43.0 Å². The van der Waals surface area contributed by atoms with Gasteiger partial charge in [0.15, 0.2) is 12.0 Å². The minimum absolute atomic E-state index is 0.00659. The molecule has 0 bridgehead atoms. The second-order valence-electron chi connectivity index (χ2n) is 4.31. The van der Waals surface area contributed by atoms with Crippen molar-refractivity contribution >= 4 is 11.7 Å². The van der Waals surface area contributed by atoms with Crippen molar-refractivity contribution in [2.45, 2.75) is 19.1 Å². The number of nitrogens with zero attached hydrogens (tertiary/aromatic N) is 1. The largest absolute Gasteiger partial charge is 0.472 e. The molecule has 1 atom stereocenters. The van der Waals surface area contributed by atoms with E-state index < -0.39 is 0 Å². The smallest absolute Gasteiger partial charge is 0.233 e. The topological polar surface area (TPSA) is 84.7 Å². The highest BCUT2D eigenvalue weighted by Crippen LogP contribution is 2.31. The fourth-order valence-electron chi connectivity index (χ4n) is 2.05. The summed E-state index contributed by atoms with van der Waals surface area (Å²) in [6.45, 7) is 0.497. The van der Waals surface area contributed by atoms with Crippen molar-refractivity contribution < 1.29 is 14.3 Å². The number of nitrogens with two attached hydrogens (primary N) is 1. The molecule has 1 heterocycles. The lowest BCUT2D eigenvalue weighted by molar-refractivity contribution is -0.119. The highest BCUT2D eigenvalue weighted by atomic mass is 16.5. The molecule has 1 aliphatic carbocycles. The lowest BCUT2D eigenvalue weighted by Gasteiger charge is -2.22. The van der Waals surface area contributed by atoms with Crippen molar-refractivity contribution in [3.8, 4) is 0 Å². The van der Waals surface area contributed by atoms with Crippen molar-refractivity contribution in [2.75, 3.05) is 20.1 Å². The van der Waals surface area contributed by atoms with Crippen molar-refractivity contribution in [2.24, 2.45) is 5.73 Å². The van der Waals surface area contributed by atoms with E-state index in [1.54, 1.807) is 12.2 Å². The lowest BCUT2D eigenvalue weighted by atomic mass is 10.1. The van der Waals surface area contributed by atoms with Crippen LogP contribution in [0.15, 0.2) is 23.6 Å². The molecule has 0 radical (unpaired) electrons. The summed E-state index contributed by atoms with van der Waals surface area (Å²) < 4.78 is 5.71. The first-order valence-electron chi connectivity index (χ1n) is 5.92. The van der Waals surface area contributed by atoms with Crippen LogP contribution in [0.5, 0.6) is 0 Å². The third-order valence-corrected chi connectivity index (χ3v) is 3.04. The summed E-state index contributed by atoms with van der Waals surface area (Å²) in [5.74, 6) is 0.600. The number of ketones is 1. The van der Waals surface area contributed by atoms with E-state index in [2.05, 4.69) is 5.32 Å². The van der Waals surface area contributed by atoms with E-state index in [1.165, 1.54) is 0 Å². The van der Waals surface area contributed by atoms with Gasteiger partial charge >= 0.3 is 0 Å². The summed E-state index contributed by atoms with van der Waals surface area (Å²) in [6, 6.07) is 0. The molecule has 1 unspecified atom stereocenters. The predicted molar refractivity (Wildman–Crippen MR) is 65.1 cm³/mol. The van der Waals surface area contributed by atoms with Crippen molar-refractivity contribution in [1.82, 2.24) is 10.2 Å². The molecule has 2 aliphatic rings. The first-order valence-corrected chi connectivity index (χ1v) is 5.92. The maximum atomic E-state index is 11.3. The maximum absolute atomic E-state index is 11.3. The van der Waals surface area contributed by atoms with Crippen LogP contribution in [0.2, 0.25) is 0 Å². The Morgan fingerprint density at radius 1 is 1.61 bits per heavy atom. The number of nitrogens with one attached hydrogen (secondary N) is 1. The molecular formula is C12H17N3O3. The third kappa shape index (κ3) is 2.53. The van der Waals surface area contributed by atoms with Crippen LogP contribution in [-0.2, 0) is 14.3 Å². The average molecular weight is 251 g/mol. The Hall–Kier alpha value is -1.82. The molecule has 2 rings (SSSR count). The van der Waals surface area contributed by atoms with Crippen LogP contribution in [0, 0.1) is 0 Å². The summed E-state index contributed by atoms with van der Waals surface area (Å²) in [5, 5.41) is 2.70. The molecule has 1 amide bonds. The summed E-state index contributed by atoms with van der Waals surface area (Å²) in [4.78, 5) is 24.3. The van der Waals surface area contributed by atoms with Gasteiger partial charge in [-0.2, -0.15) is 0 Å². The van der Waals surface area contributed by atoms with Gasteiger partial charge in [0.1, 0.15) is 5.76 Å². The summed E-state index contributed by atoms with van der Waals surface area (Å²) in [7, 11) is 1.91. The van der Waals surface area contributed by atoms with Gasteiger partial charge in [-0.05, 0) is 12.2 Å². The average Bonchev–Trinajstić information content (AvgIpc) is 2.65. The molecule has 98 valence electrons. The Morgan fingerprint density at radius 3 is 3.11 bits per heavy atom. The lowest BCUT2D eigenvalue weighted by Crippen LogP contribution is -2.35. The predicted octanol–water partition coefficient (Wildman–Crippen LogP) is -0.520. The van der Waals surface area contributed by atoms with E-state index in [1.807, 2.05) is 11.9 Å². The summed E-state index contributed by atoms with van der Waals surface area (Å²) in [5.41, 5.74) is 6.14. The molecule has 0 aromatic heterocycles. The zero-order valence-corrected chi connectivity index (χ0v) is 10.3. The highest BCUT2D eigenvalue weighted by molar-refractivity contribution is 5.93. The number of rotatable bonds is 4. The molecule has 0 saturated carbocycles. The Bertz CT molecular complexity index is 428. The number of likely N-dealkylation sites (N-methyl/N-ethyl adjacent to an activating group) is 1. The van der Waals surface area contributed by atoms with E-state index in [4.69, 9.17) is 10.5 Å². The van der Waals surface area contributed by atoms with Gasteiger partial charge in [0.05, 0.1) is 18.7 Å². The fraction of sp³-hybridized carbons (Fsp3) is 0.500. The van der Waals surface area contributed by atoms with Gasteiger partial charge in [0.25, 0.3) is 0 Å². The van der Waals surface area contributed by atoms with Crippen LogP contribution in [0.3, 0.4) is 0 Å². The highest BCUT2D eigenvalue weighted by Gasteiger charge is 2.31. The first kappa shape index (κ1) is 12.6. The van der Waals surface area contributed by atoms with Crippen LogP contribution >= 0.6 is 0 Å². The molecule has 0 fully saturated rings. The molecule has 0 spiro atoms. The van der Waals surface area contributed by atoms with Gasteiger partial charge < -0.3 is 20.7 Å². The number of amides is 1. The van der Waals surface area contributed by atoms with Crippen molar-refractivity contribution in [3.63, 3.8) is 0 Å². The second kappa shape index (κ2) is 5.22. The minimum Gasteiger partial charge on any atom is -0.472 e. The van der Waals surface area contributed by atoms with Gasteiger partial charge in [-0.3, -0.25) is 9.59 Å². The molecule has 18 heavy (non-hydrogen) atoms. The van der Waals surface area contributed by atoms with Gasteiger partial charge in [-0.1, -0.05) is 0 Å². The standard InChI is InChI=1S/C12H17N3O3/c1-15-9-3-2-8(16)6-10(9)18-12(15)4-5-14-11(17)7-13/h2-3,12H,4-7,13H2,1H3,(H,14,17). The van der Waals surface area contributed by atoms with Crippen LogP contribution in [0.1, 0.15) is 12.8 Å². The first-order chi connectivity index (χ1) is 8.61. The number of allylic oxidation sites excluding steroid dienone is 3. The third-order valence-electron chi connectivity index (χ3n) is 3.04. The van der Waals surface area contributed by atoms with Crippen LogP contribution in [0.25, 0.3) is 0 Å². The minimum atomic E-state index is -0.177. The fourth-order valence-corrected chi connectivity index (χ4v) is 2.05. The quantitative estimate of drug-likeness (QED) is 0.702. The van der Waals surface area contributed by atoms with Gasteiger partial charge in [-0.15, -0.1) is 0 Å². The molecule has 6 nitrogen and oxygen atoms in total. The Kier molecular flexibility index (Phi) is 3.66. The van der Waals surface area contributed by atoms with Gasteiger partial charge in [-0.25, -0.2) is 0 Å². The normalized spacial score (nSPS) is 22.0. The van der Waals surface area contributed by atoms with Gasteiger partial charge in [0, 0.05) is 20.0 Å². The van der Waals surface area contributed by atoms with E-state index in [-0.39, 0.29) is 24.5 Å². The number of carbonyl (C=O) groups is 2. The Morgan fingerprint density at radius 2 is 2.39 bits per heavy atom. The monoisotopic (exact) mass is 251 g/mol. The van der Waals surface area contributed by atoms with E-state index >= 15 is 0 Å². The molecule has 6 heteroatoms. The Labute approximate surface area is 105 Å². The number of hydrogen-bond acceptors (Lipinski definition) is 5. The Balaban J connectivity index is 1.86. The maximum Gasteiger partial charge on any atom is 0.233 e. The SMILES string of the molecule is CN1C2=C(CC(=O)C=C2)OC1CCNC(=O)CN. The molecule has 0 aromatic rings. The number of ether oxygens (including phenoxy) is 1. The van der Waals surface area contributed by atoms with Crippen LogP contribution < -0.4 is 11.1 Å². The molecule has 3 N–H and O–H groups in total. The van der Waals surface area contributed by atoms with Gasteiger partial charge in [0.2, 0.25) is 5.91 Å². The zero-order chi connectivity index (χ0) is 13.1. The molecular weight excluding hydrogens is 234 g/mol. The summed E-state index contributed by atoms with van der Waals surface area (Å²) in [6.07, 6.45) is 4.18. The number of hydrogen-bond donors (Lipinski definition) is 2. The van der Waals surface area contributed by atoms with Crippen molar-refractivity contribution in [3.05, 3.63) is 23.6 Å². The second-order valence-corrected chi connectivity index (χ2v) is 4.31. The van der Waals surface area contributed by atoms with E-state index in [0.29, 0.717) is 19.4 Å². The molecule has 0 saturated heterocycles. The van der Waals surface area contributed by atoms with Crippen molar-refractivity contribution in [1.29, 1.82) is 0 Å². The van der Waals surface area contributed by atoms with E-state index in [9.17, 15) is 9.59 Å². The summed E-state index contributed by atoms with van der Waals surface area (Å²) >= 11 is 0. The number of carbonyl (C=O) groups excluding carboxylic acids is 2. The molecule has 1 aliphatic heterocycles. The zero-order valence-electron chi connectivity index (χ0n) is 10.3.